The molecule has 0 saturated carbocycles. The van der Waals surface area contributed by atoms with E-state index in [9.17, 15) is 4.79 Å². The number of halogens is 2. The minimum atomic E-state index is 0.0905. The summed E-state index contributed by atoms with van der Waals surface area (Å²) in [6.45, 7) is 0. The Bertz CT molecular complexity index is 793. The largest absolute Gasteiger partial charge is 0.293 e. The van der Waals surface area contributed by atoms with Gasteiger partial charge in [-0.3, -0.25) is 4.79 Å². The van der Waals surface area contributed by atoms with Gasteiger partial charge in [-0.15, -0.1) is 0 Å². The third kappa shape index (κ3) is 2.11. The van der Waals surface area contributed by atoms with Gasteiger partial charge in [0.1, 0.15) is 0 Å². The lowest BCUT2D eigenvalue weighted by atomic mass is 9.97. The minimum Gasteiger partial charge on any atom is -0.293 e. The summed E-state index contributed by atoms with van der Waals surface area (Å²) in [4.78, 5) is 12.1. The zero-order valence-corrected chi connectivity index (χ0v) is 13.2. The van der Waals surface area contributed by atoms with Crippen LogP contribution in [-0.2, 0) is 0 Å². The van der Waals surface area contributed by atoms with E-state index < -0.39 is 0 Å². The molecule has 3 rings (SSSR count). The number of hydrogen-bond donors (Lipinski definition) is 0. The van der Waals surface area contributed by atoms with Gasteiger partial charge in [0, 0.05) is 10.0 Å². The highest BCUT2D eigenvalue weighted by atomic mass is 79.9. The van der Waals surface area contributed by atoms with Crippen LogP contribution in [0.15, 0.2) is 53.0 Å². The van der Waals surface area contributed by atoms with E-state index in [0.717, 1.165) is 20.8 Å². The molecule has 0 unspecified atom stereocenters. The van der Waals surface area contributed by atoms with Crippen LogP contribution in [0.3, 0.4) is 0 Å². The van der Waals surface area contributed by atoms with Crippen molar-refractivity contribution >= 4 is 59.2 Å². The second-order valence-corrected chi connectivity index (χ2v) is 5.78. The Morgan fingerprint density at radius 3 is 2.42 bits per heavy atom. The summed E-state index contributed by atoms with van der Waals surface area (Å²) in [5.74, 6) is 0.0905. The summed E-state index contributed by atoms with van der Waals surface area (Å²) < 4.78 is 0.847. The molecule has 0 aliphatic carbocycles. The predicted molar refractivity (Wildman–Crippen MR) is 87.3 cm³/mol. The van der Waals surface area contributed by atoms with Crippen LogP contribution in [0.25, 0.3) is 21.5 Å². The van der Waals surface area contributed by atoms with Gasteiger partial charge in [0.2, 0.25) is 0 Å². The molecule has 1 nitrogen and oxygen atoms in total. The molecular formula is C16H10Br2O. The summed E-state index contributed by atoms with van der Waals surface area (Å²) >= 11 is 6.73. The van der Waals surface area contributed by atoms with E-state index in [2.05, 4.69) is 56.1 Å². The van der Waals surface area contributed by atoms with Gasteiger partial charge < -0.3 is 0 Å². The van der Waals surface area contributed by atoms with Crippen molar-refractivity contribution in [1.29, 1.82) is 0 Å². The molecule has 0 amide bonds. The molecule has 0 fully saturated rings. The number of alkyl halides is 1. The normalized spacial score (nSPS) is 11.1. The quantitative estimate of drug-likeness (QED) is 0.335. The summed E-state index contributed by atoms with van der Waals surface area (Å²) in [7, 11) is 0. The number of Topliss-reactive ketones (excluding diaryl/α,β-unsaturated/α-hetero) is 1. The molecule has 0 atom stereocenters. The predicted octanol–water partition coefficient (Wildman–Crippen LogP) is 5.33. The maximum atomic E-state index is 12.1. The van der Waals surface area contributed by atoms with E-state index in [-0.39, 0.29) is 5.78 Å². The van der Waals surface area contributed by atoms with Gasteiger partial charge in [-0.05, 0) is 27.6 Å². The van der Waals surface area contributed by atoms with Crippen molar-refractivity contribution in [3.8, 4) is 0 Å². The minimum absolute atomic E-state index is 0.0905. The van der Waals surface area contributed by atoms with Crippen molar-refractivity contribution in [3.05, 3.63) is 58.6 Å². The Morgan fingerprint density at radius 1 is 0.895 bits per heavy atom. The van der Waals surface area contributed by atoms with Crippen molar-refractivity contribution in [3.63, 3.8) is 0 Å². The van der Waals surface area contributed by atoms with Gasteiger partial charge in [0.15, 0.2) is 5.78 Å². The van der Waals surface area contributed by atoms with Crippen molar-refractivity contribution < 1.29 is 4.79 Å². The molecule has 0 aliphatic heterocycles. The van der Waals surface area contributed by atoms with Crippen LogP contribution in [0.4, 0.5) is 0 Å². The highest BCUT2D eigenvalue weighted by molar-refractivity contribution is 9.10. The molecule has 0 N–H and O–H groups in total. The summed E-state index contributed by atoms with van der Waals surface area (Å²) in [6.07, 6.45) is 0. The molecule has 0 aromatic heterocycles. The fourth-order valence-corrected chi connectivity index (χ4v) is 3.26. The summed E-state index contributed by atoms with van der Waals surface area (Å²) in [6, 6.07) is 16.3. The Morgan fingerprint density at radius 2 is 1.63 bits per heavy atom. The van der Waals surface area contributed by atoms with E-state index in [1.807, 2.05) is 24.3 Å². The average Bonchev–Trinajstić information content (AvgIpc) is 2.46. The first kappa shape index (κ1) is 12.8. The Labute approximate surface area is 127 Å². The van der Waals surface area contributed by atoms with Gasteiger partial charge in [0.25, 0.3) is 0 Å². The number of carbonyl (C=O) groups is 1. The van der Waals surface area contributed by atoms with E-state index in [1.165, 1.54) is 10.8 Å². The number of ketones is 1. The standard InChI is InChI=1S/C16H10Br2O/c17-9-15(19)16-13-6-5-10-3-1-2-4-11(10)12(13)7-8-14(16)18/h1-8H,9H2. The van der Waals surface area contributed by atoms with Gasteiger partial charge in [-0.25, -0.2) is 0 Å². The smallest absolute Gasteiger partial charge is 0.175 e. The van der Waals surface area contributed by atoms with Crippen LogP contribution in [0.2, 0.25) is 0 Å². The molecule has 3 aromatic rings. The number of fused-ring (bicyclic) bond motifs is 3. The Balaban J connectivity index is 2.47. The molecule has 19 heavy (non-hydrogen) atoms. The summed E-state index contributed by atoms with van der Waals surface area (Å²) in [5, 5.41) is 4.81. The lowest BCUT2D eigenvalue weighted by Crippen LogP contribution is -2.02. The van der Waals surface area contributed by atoms with Gasteiger partial charge in [-0.1, -0.05) is 74.3 Å². The highest BCUT2D eigenvalue weighted by Crippen LogP contribution is 2.32. The van der Waals surface area contributed by atoms with Crippen molar-refractivity contribution in [2.24, 2.45) is 0 Å². The molecule has 0 aliphatic rings. The lowest BCUT2D eigenvalue weighted by molar-refractivity contribution is 0.102. The third-order valence-electron chi connectivity index (χ3n) is 3.28. The maximum absolute atomic E-state index is 12.1. The SMILES string of the molecule is O=C(CBr)c1c(Br)ccc2c1ccc1ccccc12. The zero-order chi connectivity index (χ0) is 13.4. The van der Waals surface area contributed by atoms with Gasteiger partial charge >= 0.3 is 0 Å². The van der Waals surface area contributed by atoms with Crippen LogP contribution in [0.5, 0.6) is 0 Å². The monoisotopic (exact) mass is 376 g/mol. The number of rotatable bonds is 2. The number of benzene rings is 3. The first-order valence-corrected chi connectivity index (χ1v) is 7.83. The Kier molecular flexibility index (Phi) is 3.42. The van der Waals surface area contributed by atoms with E-state index in [1.54, 1.807) is 0 Å². The van der Waals surface area contributed by atoms with Crippen LogP contribution >= 0.6 is 31.9 Å². The lowest BCUT2D eigenvalue weighted by Gasteiger charge is -2.09. The summed E-state index contributed by atoms with van der Waals surface area (Å²) in [5.41, 5.74) is 0.750. The second-order valence-electron chi connectivity index (χ2n) is 4.36. The first-order valence-electron chi connectivity index (χ1n) is 5.91. The van der Waals surface area contributed by atoms with Crippen LogP contribution in [-0.4, -0.2) is 11.1 Å². The van der Waals surface area contributed by atoms with Gasteiger partial charge in [0.05, 0.1) is 5.33 Å². The third-order valence-corrected chi connectivity index (χ3v) is 4.45. The first-order chi connectivity index (χ1) is 9.22. The van der Waals surface area contributed by atoms with Crippen molar-refractivity contribution in [2.45, 2.75) is 0 Å². The molecule has 3 heteroatoms. The van der Waals surface area contributed by atoms with Crippen LogP contribution < -0.4 is 0 Å². The maximum Gasteiger partial charge on any atom is 0.175 e. The molecule has 3 aromatic carbocycles. The average molecular weight is 378 g/mol. The molecular weight excluding hydrogens is 368 g/mol. The molecule has 94 valence electrons. The van der Waals surface area contributed by atoms with Crippen molar-refractivity contribution in [1.82, 2.24) is 0 Å². The fourth-order valence-electron chi connectivity index (χ4n) is 2.41. The Hall–Kier alpha value is -1.19. The molecule has 0 heterocycles. The molecule has 0 radical (unpaired) electrons. The zero-order valence-electron chi connectivity index (χ0n) is 9.99. The van der Waals surface area contributed by atoms with Gasteiger partial charge in [-0.2, -0.15) is 0 Å². The molecule has 0 spiro atoms. The highest BCUT2D eigenvalue weighted by Gasteiger charge is 2.14. The van der Waals surface area contributed by atoms with E-state index >= 15 is 0 Å². The molecule has 0 bridgehead atoms. The molecule has 0 saturated heterocycles. The van der Waals surface area contributed by atoms with E-state index in [0.29, 0.717) is 5.33 Å². The van der Waals surface area contributed by atoms with E-state index in [4.69, 9.17) is 0 Å². The van der Waals surface area contributed by atoms with Crippen LogP contribution in [0, 0.1) is 0 Å². The topological polar surface area (TPSA) is 17.1 Å². The number of hydrogen-bond acceptors (Lipinski definition) is 1. The van der Waals surface area contributed by atoms with Crippen molar-refractivity contribution in [2.75, 3.05) is 5.33 Å². The second kappa shape index (κ2) is 5.06. The fraction of sp³-hybridized carbons (Fsp3) is 0.0625. The van der Waals surface area contributed by atoms with Crippen LogP contribution in [0.1, 0.15) is 10.4 Å². The number of carbonyl (C=O) groups excluding carboxylic acids is 1.